The quantitative estimate of drug-likeness (QED) is 0.689. The summed E-state index contributed by atoms with van der Waals surface area (Å²) in [5, 5.41) is 0. The first-order valence-corrected chi connectivity index (χ1v) is 10.7. The predicted molar refractivity (Wildman–Crippen MR) is 115 cm³/mol. The van der Waals surface area contributed by atoms with Crippen LogP contribution in [0, 0.1) is 5.92 Å². The van der Waals surface area contributed by atoms with Crippen molar-refractivity contribution >= 4 is 5.78 Å². The fraction of sp³-hybridized carbons (Fsp3) is 0.480. The van der Waals surface area contributed by atoms with Gasteiger partial charge in [0.05, 0.1) is 14.2 Å². The van der Waals surface area contributed by atoms with Gasteiger partial charge in [-0.2, -0.15) is 0 Å². The van der Waals surface area contributed by atoms with Crippen molar-refractivity contribution in [1.82, 2.24) is 4.90 Å². The molecule has 4 heteroatoms. The second kappa shape index (κ2) is 9.00. The van der Waals surface area contributed by atoms with Gasteiger partial charge in [0.15, 0.2) is 11.5 Å². The number of aryl methyl sites for hydroxylation is 1. The van der Waals surface area contributed by atoms with E-state index in [4.69, 9.17) is 9.47 Å². The highest BCUT2D eigenvalue weighted by molar-refractivity contribution is 5.87. The molecule has 4 nitrogen and oxygen atoms in total. The van der Waals surface area contributed by atoms with Crippen LogP contribution in [0.25, 0.3) is 0 Å². The minimum absolute atomic E-state index is 0.0205. The molecule has 1 heterocycles. The SMILES string of the molecule is COc1cc2c(cc1OC)C(C(=O)CC1CCN(Cc3ccccc3)CC1)CC2. The number of Topliss-reactive ketones (excluding diaryl/α,β-unsaturated/α-hetero) is 1. The van der Waals surface area contributed by atoms with Crippen LogP contribution in [0.5, 0.6) is 11.5 Å². The summed E-state index contributed by atoms with van der Waals surface area (Å²) in [6, 6.07) is 14.7. The fourth-order valence-corrected chi connectivity index (χ4v) is 4.88. The molecule has 0 saturated carbocycles. The summed E-state index contributed by atoms with van der Waals surface area (Å²) in [5.41, 5.74) is 3.75. The number of carbonyl (C=O) groups is 1. The Balaban J connectivity index is 1.33. The summed E-state index contributed by atoms with van der Waals surface area (Å²) < 4.78 is 10.9. The Morgan fingerprint density at radius 3 is 2.38 bits per heavy atom. The number of carbonyl (C=O) groups excluding carboxylic acids is 1. The molecule has 154 valence electrons. The highest BCUT2D eigenvalue weighted by atomic mass is 16.5. The molecule has 0 radical (unpaired) electrons. The molecule has 4 rings (SSSR count). The second-order valence-electron chi connectivity index (χ2n) is 8.37. The second-order valence-corrected chi connectivity index (χ2v) is 8.37. The van der Waals surface area contributed by atoms with Crippen LogP contribution >= 0.6 is 0 Å². The van der Waals surface area contributed by atoms with E-state index in [1.54, 1.807) is 14.2 Å². The van der Waals surface area contributed by atoms with Crippen LogP contribution < -0.4 is 9.47 Å². The third-order valence-electron chi connectivity index (χ3n) is 6.56. The minimum Gasteiger partial charge on any atom is -0.493 e. The first-order chi connectivity index (χ1) is 14.2. The number of hydrogen-bond acceptors (Lipinski definition) is 4. The Kier molecular flexibility index (Phi) is 6.19. The summed E-state index contributed by atoms with van der Waals surface area (Å²) in [6.07, 6.45) is 4.80. The summed E-state index contributed by atoms with van der Waals surface area (Å²) in [4.78, 5) is 15.6. The van der Waals surface area contributed by atoms with Gasteiger partial charge in [0.25, 0.3) is 0 Å². The Bertz CT molecular complexity index is 841. The summed E-state index contributed by atoms with van der Waals surface area (Å²) in [5.74, 6) is 2.41. The minimum atomic E-state index is 0.0205. The van der Waals surface area contributed by atoms with Crippen molar-refractivity contribution in [2.75, 3.05) is 27.3 Å². The number of benzene rings is 2. The molecule has 2 aromatic rings. The van der Waals surface area contributed by atoms with E-state index in [2.05, 4.69) is 35.2 Å². The number of nitrogens with zero attached hydrogens (tertiary/aromatic N) is 1. The number of ether oxygens (including phenoxy) is 2. The largest absolute Gasteiger partial charge is 0.493 e. The molecule has 0 amide bonds. The van der Waals surface area contributed by atoms with Crippen LogP contribution in [0.1, 0.15) is 48.3 Å². The monoisotopic (exact) mass is 393 g/mol. The van der Waals surface area contributed by atoms with E-state index in [0.29, 0.717) is 18.1 Å². The molecule has 2 aromatic carbocycles. The van der Waals surface area contributed by atoms with Crippen LogP contribution in [0.3, 0.4) is 0 Å². The normalized spacial score (nSPS) is 19.7. The van der Waals surface area contributed by atoms with E-state index in [1.165, 1.54) is 11.1 Å². The van der Waals surface area contributed by atoms with E-state index in [9.17, 15) is 4.79 Å². The molecule has 2 aliphatic rings. The molecule has 0 bridgehead atoms. The lowest BCUT2D eigenvalue weighted by Gasteiger charge is -2.32. The van der Waals surface area contributed by atoms with Crippen molar-refractivity contribution in [1.29, 1.82) is 0 Å². The van der Waals surface area contributed by atoms with Gasteiger partial charge in [-0.15, -0.1) is 0 Å². The van der Waals surface area contributed by atoms with E-state index < -0.39 is 0 Å². The van der Waals surface area contributed by atoms with Crippen molar-refractivity contribution in [2.45, 2.75) is 44.6 Å². The highest BCUT2D eigenvalue weighted by Gasteiger charge is 2.32. The highest BCUT2D eigenvalue weighted by Crippen LogP contribution is 2.42. The first-order valence-electron chi connectivity index (χ1n) is 10.7. The third-order valence-corrected chi connectivity index (χ3v) is 6.56. The van der Waals surface area contributed by atoms with Gasteiger partial charge in [0.2, 0.25) is 0 Å². The summed E-state index contributed by atoms with van der Waals surface area (Å²) in [6.45, 7) is 3.18. The average molecular weight is 394 g/mol. The van der Waals surface area contributed by atoms with E-state index in [1.807, 2.05) is 12.1 Å². The number of piperidine rings is 1. The smallest absolute Gasteiger partial charge is 0.161 e. The molecule has 0 N–H and O–H groups in total. The number of rotatable bonds is 7. The molecule has 0 spiro atoms. The number of likely N-dealkylation sites (tertiary alicyclic amines) is 1. The average Bonchev–Trinajstić information content (AvgIpc) is 3.17. The van der Waals surface area contributed by atoms with Gasteiger partial charge in [-0.25, -0.2) is 0 Å². The lowest BCUT2D eigenvalue weighted by Crippen LogP contribution is -2.34. The van der Waals surface area contributed by atoms with Gasteiger partial charge < -0.3 is 9.47 Å². The zero-order valence-electron chi connectivity index (χ0n) is 17.5. The van der Waals surface area contributed by atoms with E-state index in [-0.39, 0.29) is 5.92 Å². The maximum absolute atomic E-state index is 13.1. The van der Waals surface area contributed by atoms with Gasteiger partial charge in [-0.05, 0) is 73.5 Å². The number of fused-ring (bicyclic) bond motifs is 1. The summed E-state index contributed by atoms with van der Waals surface area (Å²) in [7, 11) is 3.31. The maximum Gasteiger partial charge on any atom is 0.161 e. The van der Waals surface area contributed by atoms with Gasteiger partial charge in [0, 0.05) is 18.9 Å². The number of ketones is 1. The maximum atomic E-state index is 13.1. The van der Waals surface area contributed by atoms with E-state index >= 15 is 0 Å². The Morgan fingerprint density at radius 2 is 1.69 bits per heavy atom. The fourth-order valence-electron chi connectivity index (χ4n) is 4.88. The molecule has 29 heavy (non-hydrogen) atoms. The van der Waals surface area contributed by atoms with Crippen molar-refractivity contribution in [2.24, 2.45) is 5.92 Å². The van der Waals surface area contributed by atoms with Crippen molar-refractivity contribution in [3.05, 3.63) is 59.2 Å². The van der Waals surface area contributed by atoms with Gasteiger partial charge in [-0.1, -0.05) is 30.3 Å². The predicted octanol–water partition coefficient (Wildman–Crippen LogP) is 4.61. The molecule has 1 fully saturated rings. The lowest BCUT2D eigenvalue weighted by molar-refractivity contribution is -0.121. The molecule has 1 unspecified atom stereocenters. The molecule has 1 aliphatic carbocycles. The Hall–Kier alpha value is -2.33. The van der Waals surface area contributed by atoms with Crippen LogP contribution in [0.2, 0.25) is 0 Å². The first kappa shape index (κ1) is 20.0. The molecule has 1 saturated heterocycles. The van der Waals surface area contributed by atoms with E-state index in [0.717, 1.165) is 62.4 Å². The zero-order valence-corrected chi connectivity index (χ0v) is 17.5. The molecule has 1 aliphatic heterocycles. The van der Waals surface area contributed by atoms with Gasteiger partial charge in [0.1, 0.15) is 5.78 Å². The van der Waals surface area contributed by atoms with Gasteiger partial charge in [-0.3, -0.25) is 9.69 Å². The molecular weight excluding hydrogens is 362 g/mol. The lowest BCUT2D eigenvalue weighted by atomic mass is 9.85. The molecule has 0 aromatic heterocycles. The van der Waals surface area contributed by atoms with Crippen molar-refractivity contribution in [3.63, 3.8) is 0 Å². The topological polar surface area (TPSA) is 38.8 Å². The Labute approximate surface area is 173 Å². The summed E-state index contributed by atoms with van der Waals surface area (Å²) >= 11 is 0. The standard InChI is InChI=1S/C25H31NO3/c1-28-24-15-20-8-9-21(22(20)16-25(24)29-2)23(27)14-18-10-12-26(13-11-18)17-19-6-4-3-5-7-19/h3-7,15-16,18,21H,8-14,17H2,1-2H3. The van der Waals surface area contributed by atoms with Crippen LogP contribution in [0.15, 0.2) is 42.5 Å². The number of hydrogen-bond donors (Lipinski definition) is 0. The Morgan fingerprint density at radius 1 is 1.00 bits per heavy atom. The zero-order chi connectivity index (χ0) is 20.2. The third kappa shape index (κ3) is 4.48. The van der Waals surface area contributed by atoms with Crippen LogP contribution in [-0.2, 0) is 17.8 Å². The van der Waals surface area contributed by atoms with Gasteiger partial charge >= 0.3 is 0 Å². The van der Waals surface area contributed by atoms with Crippen LogP contribution in [0.4, 0.5) is 0 Å². The number of methoxy groups -OCH3 is 2. The van der Waals surface area contributed by atoms with Crippen LogP contribution in [-0.4, -0.2) is 38.0 Å². The van der Waals surface area contributed by atoms with Crippen molar-refractivity contribution in [3.8, 4) is 11.5 Å². The van der Waals surface area contributed by atoms with Crippen molar-refractivity contribution < 1.29 is 14.3 Å². The molecule has 1 atom stereocenters. The molecular formula is C25H31NO3.